The fourth-order valence-corrected chi connectivity index (χ4v) is 2.73. The second kappa shape index (κ2) is 3.41. The van der Waals surface area contributed by atoms with Crippen LogP contribution in [0.4, 0.5) is 0 Å². The Labute approximate surface area is 96.4 Å². The molecule has 0 N–H and O–H groups in total. The summed E-state index contributed by atoms with van der Waals surface area (Å²) in [6, 6.07) is 6.01. The molecule has 1 aliphatic carbocycles. The van der Waals surface area contributed by atoms with E-state index in [1.165, 1.54) is 5.56 Å². The third-order valence-corrected chi connectivity index (χ3v) is 4.07. The summed E-state index contributed by atoms with van der Waals surface area (Å²) in [5.41, 5.74) is 1.70. The van der Waals surface area contributed by atoms with Gasteiger partial charge in [0.1, 0.15) is 5.75 Å². The average molecular weight is 225 g/mol. The standard InChI is InChI=1S/C13H17ClO/c1-8-12(13(8,2)3)9-5-10(14)7-11(6-9)15-4/h5-8,12H,1-4H3/t8-,12+/m1/s1. The van der Waals surface area contributed by atoms with Gasteiger partial charge in [-0.05, 0) is 41.0 Å². The lowest BCUT2D eigenvalue weighted by Gasteiger charge is -2.07. The number of hydrogen-bond donors (Lipinski definition) is 0. The van der Waals surface area contributed by atoms with Crippen LogP contribution in [0.25, 0.3) is 0 Å². The topological polar surface area (TPSA) is 9.23 Å². The van der Waals surface area contributed by atoms with Crippen LogP contribution in [0, 0.1) is 11.3 Å². The molecule has 82 valence electrons. The number of methoxy groups -OCH3 is 1. The molecule has 0 spiro atoms. The maximum atomic E-state index is 6.06. The Balaban J connectivity index is 2.34. The Morgan fingerprint density at radius 3 is 2.33 bits per heavy atom. The van der Waals surface area contributed by atoms with E-state index in [4.69, 9.17) is 16.3 Å². The Kier molecular flexibility index (Phi) is 2.46. The van der Waals surface area contributed by atoms with E-state index in [-0.39, 0.29) is 0 Å². The number of rotatable bonds is 2. The van der Waals surface area contributed by atoms with Gasteiger partial charge in [0, 0.05) is 5.02 Å². The van der Waals surface area contributed by atoms with E-state index >= 15 is 0 Å². The van der Waals surface area contributed by atoms with Gasteiger partial charge in [0.15, 0.2) is 0 Å². The van der Waals surface area contributed by atoms with E-state index in [1.54, 1.807) is 7.11 Å². The number of benzene rings is 1. The van der Waals surface area contributed by atoms with Gasteiger partial charge in [0.05, 0.1) is 7.11 Å². The quantitative estimate of drug-likeness (QED) is 0.735. The van der Waals surface area contributed by atoms with E-state index in [1.807, 2.05) is 6.07 Å². The number of hydrogen-bond acceptors (Lipinski definition) is 1. The van der Waals surface area contributed by atoms with Crippen LogP contribution < -0.4 is 4.74 Å². The van der Waals surface area contributed by atoms with E-state index in [0.29, 0.717) is 11.3 Å². The van der Waals surface area contributed by atoms with Crippen molar-refractivity contribution >= 4 is 11.6 Å². The van der Waals surface area contributed by atoms with Crippen molar-refractivity contribution in [3.8, 4) is 5.75 Å². The summed E-state index contributed by atoms with van der Waals surface area (Å²) in [6.07, 6.45) is 0. The van der Waals surface area contributed by atoms with Crippen LogP contribution in [0.3, 0.4) is 0 Å². The molecule has 0 radical (unpaired) electrons. The predicted molar refractivity (Wildman–Crippen MR) is 63.7 cm³/mol. The highest BCUT2D eigenvalue weighted by molar-refractivity contribution is 6.30. The Morgan fingerprint density at radius 1 is 1.27 bits per heavy atom. The van der Waals surface area contributed by atoms with Crippen molar-refractivity contribution in [1.82, 2.24) is 0 Å². The molecule has 2 atom stereocenters. The molecule has 1 aliphatic rings. The predicted octanol–water partition coefficient (Wildman–Crippen LogP) is 4.11. The molecule has 0 aromatic heterocycles. The lowest BCUT2D eigenvalue weighted by atomic mass is 10.0. The molecule has 0 amide bonds. The first-order valence-electron chi connectivity index (χ1n) is 5.31. The van der Waals surface area contributed by atoms with Crippen LogP contribution in [-0.4, -0.2) is 7.11 Å². The minimum Gasteiger partial charge on any atom is -0.497 e. The monoisotopic (exact) mass is 224 g/mol. The molecule has 15 heavy (non-hydrogen) atoms. The Morgan fingerprint density at radius 2 is 1.87 bits per heavy atom. The second-order valence-corrected chi connectivity index (χ2v) is 5.45. The molecule has 0 heterocycles. The third-order valence-electron chi connectivity index (χ3n) is 3.85. The van der Waals surface area contributed by atoms with E-state index in [2.05, 4.69) is 32.9 Å². The van der Waals surface area contributed by atoms with Crippen molar-refractivity contribution in [1.29, 1.82) is 0 Å². The SMILES string of the molecule is COc1cc(Cl)cc([C@@H]2[C@@H](C)C2(C)C)c1. The van der Waals surface area contributed by atoms with Gasteiger partial charge in [-0.1, -0.05) is 32.4 Å². The molecule has 1 nitrogen and oxygen atoms in total. The number of ether oxygens (including phenoxy) is 1. The summed E-state index contributed by atoms with van der Waals surface area (Å²) in [5.74, 6) is 2.19. The lowest BCUT2D eigenvalue weighted by molar-refractivity contribution is 0.414. The minimum atomic E-state index is 0.399. The average Bonchev–Trinajstić information content (AvgIpc) is 2.65. The fourth-order valence-electron chi connectivity index (χ4n) is 2.49. The molecule has 1 saturated carbocycles. The van der Waals surface area contributed by atoms with Gasteiger partial charge in [0.2, 0.25) is 0 Å². The van der Waals surface area contributed by atoms with Gasteiger partial charge in [-0.25, -0.2) is 0 Å². The highest BCUT2D eigenvalue weighted by Gasteiger charge is 2.55. The van der Waals surface area contributed by atoms with Crippen molar-refractivity contribution in [3.05, 3.63) is 28.8 Å². The highest BCUT2D eigenvalue weighted by Crippen LogP contribution is 2.64. The maximum Gasteiger partial charge on any atom is 0.120 e. The van der Waals surface area contributed by atoms with Crippen LogP contribution in [0.5, 0.6) is 5.75 Å². The molecule has 1 fully saturated rings. The van der Waals surface area contributed by atoms with Crippen molar-refractivity contribution in [2.75, 3.05) is 7.11 Å². The van der Waals surface area contributed by atoms with Crippen molar-refractivity contribution in [2.45, 2.75) is 26.7 Å². The lowest BCUT2D eigenvalue weighted by Crippen LogP contribution is -1.91. The molecule has 1 aromatic rings. The van der Waals surface area contributed by atoms with Gasteiger partial charge in [-0.2, -0.15) is 0 Å². The summed E-state index contributed by atoms with van der Waals surface area (Å²) >= 11 is 6.06. The molecule has 2 heteroatoms. The van der Waals surface area contributed by atoms with Crippen LogP contribution in [-0.2, 0) is 0 Å². The van der Waals surface area contributed by atoms with Gasteiger partial charge in [-0.3, -0.25) is 0 Å². The van der Waals surface area contributed by atoms with Crippen molar-refractivity contribution < 1.29 is 4.74 Å². The largest absolute Gasteiger partial charge is 0.497 e. The Bertz CT molecular complexity index is 384. The van der Waals surface area contributed by atoms with Crippen molar-refractivity contribution in [2.24, 2.45) is 11.3 Å². The van der Waals surface area contributed by atoms with Crippen LogP contribution in [0.2, 0.25) is 5.02 Å². The molecule has 1 aromatic carbocycles. The molecular formula is C13H17ClO. The molecule has 0 bridgehead atoms. The van der Waals surface area contributed by atoms with Crippen LogP contribution >= 0.6 is 11.6 Å². The Hall–Kier alpha value is -0.690. The maximum absolute atomic E-state index is 6.06. The van der Waals surface area contributed by atoms with Crippen LogP contribution in [0.1, 0.15) is 32.3 Å². The summed E-state index contributed by atoms with van der Waals surface area (Å²) in [4.78, 5) is 0. The van der Waals surface area contributed by atoms with Gasteiger partial charge in [0.25, 0.3) is 0 Å². The summed E-state index contributed by atoms with van der Waals surface area (Å²) in [6.45, 7) is 6.89. The zero-order valence-electron chi connectivity index (χ0n) is 9.67. The zero-order chi connectivity index (χ0) is 11.2. The summed E-state index contributed by atoms with van der Waals surface area (Å²) in [5, 5.41) is 0.763. The summed E-state index contributed by atoms with van der Waals surface area (Å²) < 4.78 is 5.23. The molecule has 0 unspecified atom stereocenters. The van der Waals surface area contributed by atoms with Gasteiger partial charge in [-0.15, -0.1) is 0 Å². The van der Waals surface area contributed by atoms with Crippen LogP contribution in [0.15, 0.2) is 18.2 Å². The molecule has 0 saturated heterocycles. The summed E-state index contributed by atoms with van der Waals surface area (Å²) in [7, 11) is 1.68. The minimum absolute atomic E-state index is 0.399. The highest BCUT2D eigenvalue weighted by atomic mass is 35.5. The number of halogens is 1. The zero-order valence-corrected chi connectivity index (χ0v) is 10.4. The van der Waals surface area contributed by atoms with E-state index in [0.717, 1.165) is 16.7 Å². The van der Waals surface area contributed by atoms with Gasteiger partial charge >= 0.3 is 0 Å². The van der Waals surface area contributed by atoms with E-state index in [9.17, 15) is 0 Å². The molecule has 0 aliphatic heterocycles. The first-order chi connectivity index (χ1) is 6.96. The van der Waals surface area contributed by atoms with Crippen molar-refractivity contribution in [3.63, 3.8) is 0 Å². The fraction of sp³-hybridized carbons (Fsp3) is 0.538. The van der Waals surface area contributed by atoms with Gasteiger partial charge < -0.3 is 4.74 Å². The molecule has 2 rings (SSSR count). The second-order valence-electron chi connectivity index (χ2n) is 5.01. The molecular weight excluding hydrogens is 208 g/mol. The normalized spacial score (nSPS) is 27.5. The smallest absolute Gasteiger partial charge is 0.120 e. The first kappa shape index (κ1) is 10.8. The first-order valence-corrected chi connectivity index (χ1v) is 5.69. The third kappa shape index (κ3) is 1.74. The van der Waals surface area contributed by atoms with E-state index < -0.39 is 0 Å².